The standard InChI is InChI=1S/C32H29N3O5S2/c1-2-29(32(38)34-23-13-14-27-28(19-23)40-16-15-39-27)42-25-11-6-10-22(18-25)33-31(37)26(20-24-12-7-17-41-24)35-30(36)21-8-4-3-5-9-21/h3-14,17-20,29H,2,15-16H2,1H3,(H,33,37)(H,34,38)(H,35,36)/b26-20-. The average molecular weight is 600 g/mol. The Morgan fingerprint density at radius 3 is 2.43 bits per heavy atom. The lowest BCUT2D eigenvalue weighted by Crippen LogP contribution is -2.30. The van der Waals surface area contributed by atoms with E-state index in [1.807, 2.05) is 48.7 Å². The van der Waals surface area contributed by atoms with Crippen molar-refractivity contribution in [2.75, 3.05) is 23.8 Å². The molecule has 214 valence electrons. The highest BCUT2D eigenvalue weighted by Crippen LogP contribution is 2.34. The van der Waals surface area contributed by atoms with E-state index in [9.17, 15) is 14.4 Å². The van der Waals surface area contributed by atoms with Gasteiger partial charge in [-0.3, -0.25) is 14.4 Å². The van der Waals surface area contributed by atoms with Gasteiger partial charge >= 0.3 is 0 Å². The maximum atomic E-state index is 13.3. The van der Waals surface area contributed by atoms with Crippen molar-refractivity contribution in [2.24, 2.45) is 0 Å². The molecule has 42 heavy (non-hydrogen) atoms. The summed E-state index contributed by atoms with van der Waals surface area (Å²) in [5, 5.41) is 10.1. The molecule has 4 aromatic rings. The van der Waals surface area contributed by atoms with Gasteiger partial charge in [0.05, 0.1) is 5.25 Å². The van der Waals surface area contributed by atoms with Crippen LogP contribution in [0.15, 0.2) is 101 Å². The van der Waals surface area contributed by atoms with Gasteiger partial charge in [0.1, 0.15) is 18.9 Å². The predicted molar refractivity (Wildman–Crippen MR) is 167 cm³/mol. The number of thiophene rings is 1. The minimum atomic E-state index is -0.460. The van der Waals surface area contributed by atoms with Crippen molar-refractivity contribution in [3.05, 3.63) is 106 Å². The highest BCUT2D eigenvalue weighted by atomic mass is 32.2. The van der Waals surface area contributed by atoms with Crippen molar-refractivity contribution in [3.63, 3.8) is 0 Å². The zero-order valence-corrected chi connectivity index (χ0v) is 24.4. The van der Waals surface area contributed by atoms with Crippen LogP contribution in [0.2, 0.25) is 0 Å². The Bertz CT molecular complexity index is 1590. The summed E-state index contributed by atoms with van der Waals surface area (Å²) in [5.41, 5.74) is 1.74. The van der Waals surface area contributed by atoms with E-state index >= 15 is 0 Å². The number of anilines is 2. The number of thioether (sulfide) groups is 1. The molecular formula is C32H29N3O5S2. The van der Waals surface area contributed by atoms with Crippen LogP contribution in [0.3, 0.4) is 0 Å². The third kappa shape index (κ3) is 7.59. The summed E-state index contributed by atoms with van der Waals surface area (Å²) < 4.78 is 11.2. The summed E-state index contributed by atoms with van der Waals surface area (Å²) in [6, 6.07) is 25.1. The molecular weight excluding hydrogens is 571 g/mol. The van der Waals surface area contributed by atoms with Crippen LogP contribution in [0.4, 0.5) is 11.4 Å². The normalized spacial score (nSPS) is 13.1. The van der Waals surface area contributed by atoms with E-state index in [1.54, 1.807) is 54.6 Å². The number of hydrogen-bond donors (Lipinski definition) is 3. The van der Waals surface area contributed by atoms with Gasteiger partial charge in [0, 0.05) is 32.8 Å². The minimum absolute atomic E-state index is 0.120. The van der Waals surface area contributed by atoms with E-state index in [0.717, 1.165) is 9.77 Å². The Morgan fingerprint density at radius 1 is 0.881 bits per heavy atom. The van der Waals surface area contributed by atoms with Crippen LogP contribution in [0.5, 0.6) is 11.5 Å². The van der Waals surface area contributed by atoms with Gasteiger partial charge in [-0.1, -0.05) is 37.3 Å². The maximum Gasteiger partial charge on any atom is 0.272 e. The van der Waals surface area contributed by atoms with Gasteiger partial charge < -0.3 is 25.4 Å². The summed E-state index contributed by atoms with van der Waals surface area (Å²) in [7, 11) is 0. The fourth-order valence-corrected chi connectivity index (χ4v) is 5.80. The van der Waals surface area contributed by atoms with Crippen LogP contribution >= 0.6 is 23.1 Å². The Labute approximate surface area is 252 Å². The van der Waals surface area contributed by atoms with Crippen LogP contribution in [0.25, 0.3) is 6.08 Å². The summed E-state index contributed by atoms with van der Waals surface area (Å²) >= 11 is 2.86. The number of carbonyl (C=O) groups excluding carboxylic acids is 3. The molecule has 0 saturated carbocycles. The molecule has 1 aliphatic rings. The molecule has 0 aliphatic carbocycles. The highest BCUT2D eigenvalue weighted by Gasteiger charge is 2.21. The Balaban J connectivity index is 1.26. The van der Waals surface area contributed by atoms with Crippen molar-refractivity contribution in [1.29, 1.82) is 0 Å². The first-order valence-corrected chi connectivity index (χ1v) is 15.1. The summed E-state index contributed by atoms with van der Waals surface area (Å²) in [5.74, 6) is 0.285. The second-order valence-corrected chi connectivity index (χ2v) is 11.5. The smallest absolute Gasteiger partial charge is 0.272 e. The van der Waals surface area contributed by atoms with Crippen LogP contribution in [0.1, 0.15) is 28.6 Å². The number of nitrogens with one attached hydrogen (secondary N) is 3. The van der Waals surface area contributed by atoms with Crippen LogP contribution < -0.4 is 25.4 Å². The van der Waals surface area contributed by atoms with Gasteiger partial charge in [0.15, 0.2) is 11.5 Å². The molecule has 8 nitrogen and oxygen atoms in total. The van der Waals surface area contributed by atoms with Gasteiger partial charge in [0.25, 0.3) is 11.8 Å². The molecule has 1 aromatic heterocycles. The second kappa shape index (κ2) is 13.9. The number of ether oxygens (including phenoxy) is 2. The Kier molecular flexibility index (Phi) is 9.58. The fraction of sp³-hybridized carbons (Fsp3) is 0.156. The zero-order chi connectivity index (χ0) is 29.3. The van der Waals surface area contributed by atoms with Crippen molar-refractivity contribution in [3.8, 4) is 11.5 Å². The number of benzene rings is 3. The van der Waals surface area contributed by atoms with E-state index < -0.39 is 5.91 Å². The van der Waals surface area contributed by atoms with E-state index in [2.05, 4.69) is 16.0 Å². The van der Waals surface area contributed by atoms with Gasteiger partial charge in [-0.2, -0.15) is 0 Å². The van der Waals surface area contributed by atoms with Crippen LogP contribution in [-0.2, 0) is 9.59 Å². The van der Waals surface area contributed by atoms with Gasteiger partial charge in [-0.15, -0.1) is 23.1 Å². The molecule has 3 aromatic carbocycles. The fourth-order valence-electron chi connectivity index (χ4n) is 4.13. The number of rotatable bonds is 10. The van der Waals surface area contributed by atoms with E-state index in [0.29, 0.717) is 48.1 Å². The molecule has 1 unspecified atom stereocenters. The third-order valence-electron chi connectivity index (χ3n) is 6.20. The Hall–Kier alpha value is -4.54. The lowest BCUT2D eigenvalue weighted by Gasteiger charge is -2.20. The van der Waals surface area contributed by atoms with Crippen LogP contribution in [-0.4, -0.2) is 36.2 Å². The van der Waals surface area contributed by atoms with Gasteiger partial charge in [-0.25, -0.2) is 0 Å². The minimum Gasteiger partial charge on any atom is -0.486 e. The number of amides is 3. The lowest BCUT2D eigenvalue weighted by atomic mass is 10.2. The monoisotopic (exact) mass is 599 g/mol. The average Bonchev–Trinajstić information content (AvgIpc) is 3.53. The molecule has 0 radical (unpaired) electrons. The quantitative estimate of drug-likeness (QED) is 0.143. The molecule has 3 amide bonds. The largest absolute Gasteiger partial charge is 0.486 e. The zero-order valence-electron chi connectivity index (χ0n) is 22.8. The third-order valence-corrected chi connectivity index (χ3v) is 8.38. The number of fused-ring (bicyclic) bond motifs is 1. The van der Waals surface area contributed by atoms with Crippen molar-refractivity contribution in [1.82, 2.24) is 5.32 Å². The number of hydrogen-bond acceptors (Lipinski definition) is 7. The molecule has 3 N–H and O–H groups in total. The van der Waals surface area contributed by atoms with Crippen molar-refractivity contribution < 1.29 is 23.9 Å². The Morgan fingerprint density at radius 2 is 1.67 bits per heavy atom. The molecule has 1 atom stereocenters. The van der Waals surface area contributed by atoms with Crippen LogP contribution in [0, 0.1) is 0 Å². The second-order valence-electron chi connectivity index (χ2n) is 9.24. The number of carbonyl (C=O) groups is 3. The van der Waals surface area contributed by atoms with Crippen molar-refractivity contribution >= 4 is 58.3 Å². The highest BCUT2D eigenvalue weighted by molar-refractivity contribution is 8.00. The summed E-state index contributed by atoms with van der Waals surface area (Å²) in [6.07, 6.45) is 2.24. The predicted octanol–water partition coefficient (Wildman–Crippen LogP) is 6.44. The molecule has 5 rings (SSSR count). The maximum absolute atomic E-state index is 13.3. The van der Waals surface area contributed by atoms with Crippen molar-refractivity contribution in [2.45, 2.75) is 23.5 Å². The van der Waals surface area contributed by atoms with Gasteiger partial charge in [0.2, 0.25) is 5.91 Å². The topological polar surface area (TPSA) is 106 Å². The first-order chi connectivity index (χ1) is 20.5. The molecule has 0 spiro atoms. The molecule has 0 fully saturated rings. The van der Waals surface area contributed by atoms with E-state index in [-0.39, 0.29) is 22.8 Å². The van der Waals surface area contributed by atoms with E-state index in [4.69, 9.17) is 9.47 Å². The molecule has 1 aliphatic heterocycles. The van der Waals surface area contributed by atoms with E-state index in [1.165, 1.54) is 23.1 Å². The molecule has 0 saturated heterocycles. The lowest BCUT2D eigenvalue weighted by molar-refractivity contribution is -0.116. The summed E-state index contributed by atoms with van der Waals surface area (Å²) in [6.45, 7) is 2.92. The first kappa shape index (κ1) is 29.0. The molecule has 0 bridgehead atoms. The summed E-state index contributed by atoms with van der Waals surface area (Å²) in [4.78, 5) is 40.9. The molecule has 2 heterocycles. The first-order valence-electron chi connectivity index (χ1n) is 13.4. The molecule has 10 heteroatoms. The van der Waals surface area contributed by atoms with Gasteiger partial charge in [-0.05, 0) is 66.4 Å². The SMILES string of the molecule is CCC(Sc1cccc(NC(=O)/C(=C/c2cccs2)NC(=O)c2ccccc2)c1)C(=O)Nc1ccc2c(c1)OCCO2.